The van der Waals surface area contributed by atoms with E-state index in [1.165, 1.54) is 18.2 Å². The summed E-state index contributed by atoms with van der Waals surface area (Å²) < 4.78 is 13.4. The molecule has 0 aliphatic carbocycles. The zero-order valence-corrected chi connectivity index (χ0v) is 12.5. The van der Waals surface area contributed by atoms with Gasteiger partial charge in [0.1, 0.15) is 11.6 Å². The number of carbonyl (C=O) groups is 1. The Morgan fingerprint density at radius 1 is 1.33 bits per heavy atom. The summed E-state index contributed by atoms with van der Waals surface area (Å²) in [5, 5.41) is 22.8. The lowest BCUT2D eigenvalue weighted by Gasteiger charge is -2.09. The van der Waals surface area contributed by atoms with Crippen molar-refractivity contribution in [2.75, 3.05) is 5.32 Å². The number of nitrogens with zero attached hydrogens (tertiary/aromatic N) is 1. The van der Waals surface area contributed by atoms with Crippen molar-refractivity contribution in [1.82, 2.24) is 0 Å². The first kappa shape index (κ1) is 15.2. The number of rotatable bonds is 3. The van der Waals surface area contributed by atoms with E-state index in [2.05, 4.69) is 5.32 Å². The average Bonchev–Trinajstić information content (AvgIpc) is 2.40. The predicted octanol–water partition coefficient (Wildman–Crippen LogP) is 3.30. The molecule has 0 heterocycles. The molecule has 0 radical (unpaired) electrons. The highest BCUT2D eigenvalue weighted by Crippen LogP contribution is 2.33. The van der Waals surface area contributed by atoms with Crippen LogP contribution < -0.4 is 5.32 Å². The first-order chi connectivity index (χ1) is 9.90. The molecule has 0 fully saturated rings. The molecular formula is C13H8FIN2O4. The fraction of sp³-hybridized carbons (Fsp3) is 0. The molecule has 2 N–H and O–H groups in total. The number of nitro benzene ring substituents is 1. The van der Waals surface area contributed by atoms with Crippen LogP contribution in [-0.4, -0.2) is 15.9 Å². The number of halogens is 2. The van der Waals surface area contributed by atoms with E-state index >= 15 is 0 Å². The Bertz CT molecular complexity index is 736. The number of para-hydroxylation sites is 1. The molecule has 0 saturated carbocycles. The van der Waals surface area contributed by atoms with Gasteiger partial charge in [0.15, 0.2) is 5.69 Å². The molecule has 2 rings (SSSR count). The number of hydrogen-bond acceptors (Lipinski definition) is 4. The number of amides is 1. The van der Waals surface area contributed by atoms with Crippen LogP contribution in [0.1, 0.15) is 10.4 Å². The molecule has 1 amide bonds. The van der Waals surface area contributed by atoms with Gasteiger partial charge in [0.2, 0.25) is 0 Å². The fourth-order valence-electron chi connectivity index (χ4n) is 1.66. The van der Waals surface area contributed by atoms with Gasteiger partial charge in [-0.15, -0.1) is 0 Å². The van der Waals surface area contributed by atoms with E-state index in [1.807, 2.05) is 0 Å². The zero-order chi connectivity index (χ0) is 15.6. The highest BCUT2D eigenvalue weighted by atomic mass is 127. The van der Waals surface area contributed by atoms with E-state index in [9.17, 15) is 24.4 Å². The minimum absolute atomic E-state index is 0.148. The third kappa shape index (κ3) is 3.27. The summed E-state index contributed by atoms with van der Waals surface area (Å²) in [7, 11) is 0. The Labute approximate surface area is 131 Å². The maximum atomic E-state index is 13.0. The standard InChI is InChI=1S/C13H8FIN2O4/c14-7-4-5-8(9(15)6-7)13(19)16-12-10(17(20)21)2-1-3-11(12)18/h1-6,18H,(H,16,19). The summed E-state index contributed by atoms with van der Waals surface area (Å²) in [6.45, 7) is 0. The topological polar surface area (TPSA) is 92.5 Å². The summed E-state index contributed by atoms with van der Waals surface area (Å²) in [6.07, 6.45) is 0. The van der Waals surface area contributed by atoms with Crippen molar-refractivity contribution in [3.8, 4) is 5.75 Å². The van der Waals surface area contributed by atoms with E-state index < -0.39 is 28.1 Å². The van der Waals surface area contributed by atoms with E-state index in [0.29, 0.717) is 3.57 Å². The molecule has 2 aromatic rings. The van der Waals surface area contributed by atoms with Gasteiger partial charge in [-0.05, 0) is 46.9 Å². The molecule has 6 nitrogen and oxygen atoms in total. The van der Waals surface area contributed by atoms with Gasteiger partial charge in [-0.1, -0.05) is 6.07 Å². The number of phenolic OH excluding ortho intramolecular Hbond substituents is 1. The summed E-state index contributed by atoms with van der Waals surface area (Å²) in [4.78, 5) is 22.3. The molecule has 0 unspecified atom stereocenters. The van der Waals surface area contributed by atoms with E-state index in [1.54, 1.807) is 22.6 Å². The quantitative estimate of drug-likeness (QED) is 0.357. The average molecular weight is 402 g/mol. The molecule has 0 aromatic heterocycles. The van der Waals surface area contributed by atoms with Gasteiger partial charge in [-0.25, -0.2) is 4.39 Å². The zero-order valence-electron chi connectivity index (χ0n) is 10.3. The van der Waals surface area contributed by atoms with Crippen LogP contribution in [0.5, 0.6) is 5.75 Å². The van der Waals surface area contributed by atoms with Gasteiger partial charge in [0.25, 0.3) is 11.6 Å². The van der Waals surface area contributed by atoms with Crippen molar-refractivity contribution in [1.29, 1.82) is 0 Å². The lowest BCUT2D eigenvalue weighted by molar-refractivity contribution is -0.384. The van der Waals surface area contributed by atoms with Crippen LogP contribution in [0, 0.1) is 19.5 Å². The molecule has 0 bridgehead atoms. The molecule has 0 atom stereocenters. The summed E-state index contributed by atoms with van der Waals surface area (Å²) in [6, 6.07) is 7.21. The molecule has 0 aliphatic heterocycles. The Hall–Kier alpha value is -2.23. The van der Waals surface area contributed by atoms with Crippen LogP contribution in [0.25, 0.3) is 0 Å². The number of hydrogen-bond donors (Lipinski definition) is 2. The number of benzene rings is 2. The van der Waals surface area contributed by atoms with Crippen LogP contribution in [0.3, 0.4) is 0 Å². The molecule has 108 valence electrons. The third-order valence-corrected chi connectivity index (χ3v) is 3.52. The number of aromatic hydroxyl groups is 1. The molecule has 8 heteroatoms. The highest BCUT2D eigenvalue weighted by Gasteiger charge is 2.21. The van der Waals surface area contributed by atoms with Crippen LogP contribution in [-0.2, 0) is 0 Å². The van der Waals surface area contributed by atoms with Gasteiger partial charge < -0.3 is 10.4 Å². The van der Waals surface area contributed by atoms with Gasteiger partial charge in [0.05, 0.1) is 10.5 Å². The number of anilines is 1. The molecular weight excluding hydrogens is 394 g/mol. The van der Waals surface area contributed by atoms with Crippen LogP contribution in [0.15, 0.2) is 36.4 Å². The fourth-order valence-corrected chi connectivity index (χ4v) is 2.39. The van der Waals surface area contributed by atoms with E-state index in [-0.39, 0.29) is 11.3 Å². The van der Waals surface area contributed by atoms with Crippen molar-refractivity contribution < 1.29 is 19.2 Å². The first-order valence-electron chi connectivity index (χ1n) is 5.63. The summed E-state index contributed by atoms with van der Waals surface area (Å²) >= 11 is 1.78. The first-order valence-corrected chi connectivity index (χ1v) is 6.71. The molecule has 21 heavy (non-hydrogen) atoms. The Balaban J connectivity index is 2.38. The Morgan fingerprint density at radius 2 is 2.05 bits per heavy atom. The molecule has 0 spiro atoms. The van der Waals surface area contributed by atoms with Gasteiger partial charge in [-0.3, -0.25) is 14.9 Å². The minimum Gasteiger partial charge on any atom is -0.505 e. The lowest BCUT2D eigenvalue weighted by Crippen LogP contribution is -2.14. The van der Waals surface area contributed by atoms with E-state index in [4.69, 9.17) is 0 Å². The van der Waals surface area contributed by atoms with Crippen LogP contribution >= 0.6 is 22.6 Å². The van der Waals surface area contributed by atoms with Gasteiger partial charge >= 0.3 is 0 Å². The Morgan fingerprint density at radius 3 is 2.67 bits per heavy atom. The van der Waals surface area contributed by atoms with Crippen LogP contribution in [0.4, 0.5) is 15.8 Å². The summed E-state index contributed by atoms with van der Waals surface area (Å²) in [5.74, 6) is -1.59. The number of nitrogens with one attached hydrogen (secondary N) is 1. The third-order valence-electron chi connectivity index (χ3n) is 2.63. The largest absolute Gasteiger partial charge is 0.505 e. The molecule has 0 aliphatic rings. The van der Waals surface area contributed by atoms with Gasteiger partial charge in [0, 0.05) is 9.64 Å². The second-order valence-electron chi connectivity index (χ2n) is 4.01. The number of carbonyl (C=O) groups excluding carboxylic acids is 1. The highest BCUT2D eigenvalue weighted by molar-refractivity contribution is 14.1. The maximum absolute atomic E-state index is 13.0. The molecule has 0 saturated heterocycles. The van der Waals surface area contributed by atoms with Gasteiger partial charge in [-0.2, -0.15) is 0 Å². The SMILES string of the molecule is O=C(Nc1c(O)cccc1[N+](=O)[O-])c1ccc(F)cc1I. The second-order valence-corrected chi connectivity index (χ2v) is 5.17. The second kappa shape index (κ2) is 6.04. The molecule has 2 aromatic carbocycles. The minimum atomic E-state index is -0.717. The summed E-state index contributed by atoms with van der Waals surface area (Å²) in [5.41, 5.74) is -0.581. The van der Waals surface area contributed by atoms with Crippen molar-refractivity contribution in [3.05, 3.63) is 61.5 Å². The van der Waals surface area contributed by atoms with Crippen molar-refractivity contribution >= 4 is 39.9 Å². The van der Waals surface area contributed by atoms with Crippen molar-refractivity contribution in [2.24, 2.45) is 0 Å². The monoisotopic (exact) mass is 402 g/mol. The lowest BCUT2D eigenvalue weighted by atomic mass is 10.2. The normalized spacial score (nSPS) is 10.2. The van der Waals surface area contributed by atoms with E-state index in [0.717, 1.165) is 18.2 Å². The van der Waals surface area contributed by atoms with Crippen LogP contribution in [0.2, 0.25) is 0 Å². The van der Waals surface area contributed by atoms with Crippen molar-refractivity contribution in [2.45, 2.75) is 0 Å². The number of phenols is 1. The van der Waals surface area contributed by atoms with Crippen molar-refractivity contribution in [3.63, 3.8) is 0 Å². The number of nitro groups is 1. The maximum Gasteiger partial charge on any atom is 0.296 e. The smallest absolute Gasteiger partial charge is 0.296 e. The Kier molecular flexibility index (Phi) is 4.36. The predicted molar refractivity (Wildman–Crippen MR) is 81.8 cm³/mol.